The van der Waals surface area contributed by atoms with Crippen molar-refractivity contribution < 1.29 is 14.7 Å². The van der Waals surface area contributed by atoms with Gasteiger partial charge in [0.05, 0.1) is 18.6 Å². The summed E-state index contributed by atoms with van der Waals surface area (Å²) in [5, 5.41) is 15.7. The van der Waals surface area contributed by atoms with Crippen LogP contribution in [-0.4, -0.2) is 42.2 Å². The molecular weight excluding hydrogens is 234 g/mol. The van der Waals surface area contributed by atoms with Gasteiger partial charge in [0.25, 0.3) is 0 Å². The van der Waals surface area contributed by atoms with Gasteiger partial charge in [0.1, 0.15) is 0 Å². The van der Waals surface area contributed by atoms with Crippen molar-refractivity contribution in [1.29, 1.82) is 0 Å². The van der Waals surface area contributed by atoms with Crippen molar-refractivity contribution in [2.45, 2.75) is 38.3 Å². The Morgan fingerprint density at radius 2 is 2.33 bits per heavy atom. The Labute approximate surface area is 107 Å². The highest BCUT2D eigenvalue weighted by Gasteiger charge is 2.23. The van der Waals surface area contributed by atoms with Gasteiger partial charge in [-0.05, 0) is 25.8 Å². The van der Waals surface area contributed by atoms with E-state index in [-0.39, 0.29) is 17.9 Å². The molecule has 0 aromatic heterocycles. The number of hydrogen-bond donors (Lipinski definition) is 4. The van der Waals surface area contributed by atoms with Crippen molar-refractivity contribution in [3.05, 3.63) is 6.42 Å². The lowest BCUT2D eigenvalue weighted by Crippen LogP contribution is -2.45. The zero-order valence-electron chi connectivity index (χ0n) is 10.7. The summed E-state index contributed by atoms with van der Waals surface area (Å²) in [7, 11) is 0. The van der Waals surface area contributed by atoms with Crippen LogP contribution in [0.5, 0.6) is 0 Å². The number of nitrogens with one attached hydrogen (secondary N) is 2. The fraction of sp³-hybridized carbons (Fsp3) is 0.750. The first-order valence-electron chi connectivity index (χ1n) is 6.32. The minimum Gasteiger partial charge on any atom is -0.390 e. The topological polar surface area (TPSA) is 104 Å². The number of rotatable bonds is 5. The van der Waals surface area contributed by atoms with Crippen LogP contribution in [0, 0.1) is 12.3 Å². The van der Waals surface area contributed by atoms with E-state index in [1.807, 2.05) is 0 Å². The first-order chi connectivity index (χ1) is 8.50. The second-order valence-electron chi connectivity index (χ2n) is 4.77. The summed E-state index contributed by atoms with van der Waals surface area (Å²) in [4.78, 5) is 22.5. The van der Waals surface area contributed by atoms with Gasteiger partial charge >= 0.3 is 0 Å². The average Bonchev–Trinajstić information content (AvgIpc) is 2.52. The van der Waals surface area contributed by atoms with E-state index < -0.39 is 12.0 Å². The lowest BCUT2D eigenvalue weighted by atomic mass is 10.0. The molecule has 2 unspecified atom stereocenters. The number of primary amides is 1. The molecule has 1 radical (unpaired) electrons. The largest absolute Gasteiger partial charge is 0.390 e. The van der Waals surface area contributed by atoms with E-state index in [0.717, 1.165) is 19.4 Å². The van der Waals surface area contributed by atoms with Crippen molar-refractivity contribution in [1.82, 2.24) is 10.6 Å². The summed E-state index contributed by atoms with van der Waals surface area (Å²) in [6.45, 7) is 3.02. The maximum atomic E-state index is 11.6. The number of carbonyl (C=O) groups excluding carboxylic acids is 2. The minimum atomic E-state index is -0.571. The molecule has 6 heteroatoms. The molecule has 1 aliphatic rings. The molecule has 0 aromatic carbocycles. The Morgan fingerprint density at radius 1 is 1.61 bits per heavy atom. The van der Waals surface area contributed by atoms with Gasteiger partial charge in [-0.3, -0.25) is 9.59 Å². The first kappa shape index (κ1) is 14.9. The zero-order valence-corrected chi connectivity index (χ0v) is 10.7. The van der Waals surface area contributed by atoms with Crippen LogP contribution in [0.25, 0.3) is 0 Å². The van der Waals surface area contributed by atoms with Crippen LogP contribution in [-0.2, 0) is 9.59 Å². The number of aliphatic hydroxyl groups is 1. The third-order valence-corrected chi connectivity index (χ3v) is 3.16. The van der Waals surface area contributed by atoms with Crippen molar-refractivity contribution >= 4 is 11.8 Å². The second-order valence-corrected chi connectivity index (χ2v) is 4.77. The van der Waals surface area contributed by atoms with Gasteiger partial charge < -0.3 is 21.5 Å². The van der Waals surface area contributed by atoms with E-state index in [0.29, 0.717) is 13.0 Å². The molecule has 3 atom stereocenters. The number of hydrogen-bond acceptors (Lipinski definition) is 4. The Kier molecular flexibility index (Phi) is 6.07. The van der Waals surface area contributed by atoms with Gasteiger partial charge in [-0.1, -0.05) is 6.92 Å². The molecule has 0 bridgehead atoms. The Morgan fingerprint density at radius 3 is 3.00 bits per heavy atom. The number of aliphatic hydroxyl groups excluding tert-OH is 1. The normalized spacial score (nSPS) is 26.1. The summed E-state index contributed by atoms with van der Waals surface area (Å²) in [5.41, 5.74) is 5.11. The van der Waals surface area contributed by atoms with Gasteiger partial charge in [0.2, 0.25) is 11.8 Å². The van der Waals surface area contributed by atoms with Gasteiger partial charge in [-0.25, -0.2) is 0 Å². The summed E-state index contributed by atoms with van der Waals surface area (Å²) in [6.07, 6.45) is 2.83. The van der Waals surface area contributed by atoms with E-state index in [4.69, 9.17) is 5.73 Å². The quantitative estimate of drug-likeness (QED) is 0.503. The molecule has 1 aliphatic heterocycles. The first-order valence-corrected chi connectivity index (χ1v) is 6.32. The number of carbonyl (C=O) groups is 2. The van der Waals surface area contributed by atoms with Gasteiger partial charge in [-0.15, -0.1) is 0 Å². The Bertz CT molecular complexity index is 296. The van der Waals surface area contributed by atoms with E-state index in [1.54, 1.807) is 6.92 Å². The highest BCUT2D eigenvalue weighted by molar-refractivity contribution is 5.86. The highest BCUT2D eigenvalue weighted by atomic mass is 16.3. The molecule has 1 fully saturated rings. The minimum absolute atomic E-state index is 0.229. The number of amides is 2. The van der Waals surface area contributed by atoms with Crippen LogP contribution in [0.15, 0.2) is 0 Å². The maximum absolute atomic E-state index is 11.6. The molecular formula is C12H22N3O3. The molecule has 0 aromatic rings. The van der Waals surface area contributed by atoms with E-state index in [2.05, 4.69) is 10.6 Å². The van der Waals surface area contributed by atoms with E-state index in [1.165, 1.54) is 6.42 Å². The fourth-order valence-corrected chi connectivity index (χ4v) is 1.84. The summed E-state index contributed by atoms with van der Waals surface area (Å²) in [5.74, 6) is -1.02. The monoisotopic (exact) mass is 256 g/mol. The van der Waals surface area contributed by atoms with E-state index in [9.17, 15) is 14.7 Å². The molecule has 18 heavy (non-hydrogen) atoms. The molecule has 0 spiro atoms. The van der Waals surface area contributed by atoms with Crippen LogP contribution in [0.1, 0.15) is 26.2 Å². The molecule has 6 nitrogen and oxygen atoms in total. The molecule has 2 amide bonds. The van der Waals surface area contributed by atoms with Crippen LogP contribution in [0.4, 0.5) is 0 Å². The molecule has 0 saturated carbocycles. The SMILES string of the molecule is CC(C[CH]C(=O)NC1CCCNC[C@@H]1O)C(N)=O. The van der Waals surface area contributed by atoms with Gasteiger partial charge in [0.15, 0.2) is 0 Å². The van der Waals surface area contributed by atoms with E-state index >= 15 is 0 Å². The van der Waals surface area contributed by atoms with Crippen molar-refractivity contribution in [2.24, 2.45) is 11.7 Å². The standard InChI is InChI=1S/C12H22N3O3/c1-8(12(13)18)4-5-11(17)15-9-3-2-6-14-7-10(9)16/h5,8-10,14,16H,2-4,6-7H2,1H3,(H2,13,18)(H,15,17)/t8?,9?,10-/m0/s1. The molecule has 0 aliphatic carbocycles. The maximum Gasteiger partial charge on any atom is 0.224 e. The second kappa shape index (κ2) is 7.33. The number of nitrogens with two attached hydrogens (primary N) is 1. The summed E-state index contributed by atoms with van der Waals surface area (Å²) < 4.78 is 0. The third kappa shape index (κ3) is 5.01. The predicted octanol–water partition coefficient (Wildman–Crippen LogP) is -1.07. The average molecular weight is 256 g/mol. The molecule has 1 rings (SSSR count). The summed E-state index contributed by atoms with van der Waals surface area (Å²) >= 11 is 0. The van der Waals surface area contributed by atoms with Crippen LogP contribution in [0.3, 0.4) is 0 Å². The van der Waals surface area contributed by atoms with Gasteiger partial charge in [0, 0.05) is 12.5 Å². The highest BCUT2D eigenvalue weighted by Crippen LogP contribution is 2.08. The Balaban J connectivity index is 2.32. The molecule has 1 heterocycles. The van der Waals surface area contributed by atoms with Crippen molar-refractivity contribution in [3.63, 3.8) is 0 Å². The van der Waals surface area contributed by atoms with Crippen LogP contribution >= 0.6 is 0 Å². The van der Waals surface area contributed by atoms with Crippen molar-refractivity contribution in [3.8, 4) is 0 Å². The zero-order chi connectivity index (χ0) is 13.5. The smallest absolute Gasteiger partial charge is 0.224 e. The lowest BCUT2D eigenvalue weighted by Gasteiger charge is -2.21. The predicted molar refractivity (Wildman–Crippen MR) is 67.3 cm³/mol. The molecule has 1 saturated heterocycles. The van der Waals surface area contributed by atoms with Crippen molar-refractivity contribution in [2.75, 3.05) is 13.1 Å². The summed E-state index contributed by atoms with van der Waals surface area (Å²) in [6, 6.07) is -0.229. The molecule has 103 valence electrons. The fourth-order valence-electron chi connectivity index (χ4n) is 1.84. The Hall–Kier alpha value is -1.14. The van der Waals surface area contributed by atoms with Gasteiger partial charge in [-0.2, -0.15) is 0 Å². The third-order valence-electron chi connectivity index (χ3n) is 3.16. The molecule has 5 N–H and O–H groups in total. The van der Waals surface area contributed by atoms with Crippen LogP contribution in [0.2, 0.25) is 0 Å². The number of β-amino-alcohol motifs (C(OH)–C–C–N with tert-alkyl or cyclic N) is 1. The lowest BCUT2D eigenvalue weighted by molar-refractivity contribution is -0.121. The van der Waals surface area contributed by atoms with Crippen LogP contribution < -0.4 is 16.4 Å².